The Morgan fingerprint density at radius 1 is 1.47 bits per heavy atom. The van der Waals surface area contributed by atoms with E-state index in [0.717, 1.165) is 11.3 Å². The predicted octanol–water partition coefficient (Wildman–Crippen LogP) is 3.25. The molecule has 0 fully saturated rings. The molecule has 0 radical (unpaired) electrons. The second-order valence-corrected chi connectivity index (χ2v) is 5.07. The molecule has 1 aromatic carbocycles. The van der Waals surface area contributed by atoms with E-state index < -0.39 is 0 Å². The van der Waals surface area contributed by atoms with E-state index in [4.69, 9.17) is 18.0 Å². The molecule has 94 valence electrons. The van der Waals surface area contributed by atoms with E-state index in [1.807, 2.05) is 0 Å². The van der Waals surface area contributed by atoms with E-state index in [9.17, 15) is 0 Å². The lowest BCUT2D eigenvalue weighted by Crippen LogP contribution is -2.30. The average Bonchev–Trinajstić information content (AvgIpc) is 2.28. The van der Waals surface area contributed by atoms with Crippen molar-refractivity contribution in [1.82, 2.24) is 0 Å². The van der Waals surface area contributed by atoms with Crippen molar-refractivity contribution in [2.75, 3.05) is 11.9 Å². The highest BCUT2D eigenvalue weighted by molar-refractivity contribution is 7.80. The third-order valence-electron chi connectivity index (χ3n) is 3.17. The summed E-state index contributed by atoms with van der Waals surface area (Å²) >= 11 is 5.13. The molecule has 0 saturated carbocycles. The van der Waals surface area contributed by atoms with Crippen LogP contribution in [0.3, 0.4) is 0 Å². The first kappa shape index (κ1) is 14.0. The SMILES string of the molecule is CCCC(C)N(C)c1ccc(C)cc1C(N)=S. The minimum atomic E-state index is 0.472. The van der Waals surface area contributed by atoms with Crippen LogP contribution in [0.4, 0.5) is 5.69 Å². The summed E-state index contributed by atoms with van der Waals surface area (Å²) in [5.41, 5.74) is 9.09. The zero-order valence-electron chi connectivity index (χ0n) is 11.2. The van der Waals surface area contributed by atoms with Crippen LogP contribution in [0.25, 0.3) is 0 Å². The van der Waals surface area contributed by atoms with E-state index in [1.165, 1.54) is 18.4 Å². The van der Waals surface area contributed by atoms with Crippen LogP contribution < -0.4 is 10.6 Å². The van der Waals surface area contributed by atoms with E-state index >= 15 is 0 Å². The molecule has 2 nitrogen and oxygen atoms in total. The molecule has 0 aromatic heterocycles. The summed E-state index contributed by atoms with van der Waals surface area (Å²) < 4.78 is 0. The maximum absolute atomic E-state index is 5.80. The molecule has 0 saturated heterocycles. The topological polar surface area (TPSA) is 29.3 Å². The monoisotopic (exact) mass is 250 g/mol. The molecular weight excluding hydrogens is 228 g/mol. The van der Waals surface area contributed by atoms with E-state index in [1.54, 1.807) is 0 Å². The second-order valence-electron chi connectivity index (χ2n) is 4.63. The lowest BCUT2D eigenvalue weighted by molar-refractivity contribution is 0.616. The predicted molar refractivity (Wildman–Crippen MR) is 79.8 cm³/mol. The third-order valence-corrected chi connectivity index (χ3v) is 3.39. The quantitative estimate of drug-likeness (QED) is 0.813. The highest BCUT2D eigenvalue weighted by atomic mass is 32.1. The van der Waals surface area contributed by atoms with Crippen LogP contribution in [-0.2, 0) is 0 Å². The van der Waals surface area contributed by atoms with Gasteiger partial charge in [-0.05, 0) is 32.4 Å². The minimum absolute atomic E-state index is 0.472. The first-order valence-corrected chi connectivity index (χ1v) is 6.51. The number of hydrogen-bond donors (Lipinski definition) is 1. The molecule has 1 unspecified atom stereocenters. The number of anilines is 1. The van der Waals surface area contributed by atoms with Crippen LogP contribution in [0.15, 0.2) is 18.2 Å². The van der Waals surface area contributed by atoms with Crippen LogP contribution in [0.2, 0.25) is 0 Å². The van der Waals surface area contributed by atoms with Gasteiger partial charge >= 0.3 is 0 Å². The summed E-state index contributed by atoms with van der Waals surface area (Å²) in [4.78, 5) is 2.73. The zero-order chi connectivity index (χ0) is 13.0. The van der Waals surface area contributed by atoms with E-state index in [2.05, 4.69) is 50.9 Å². The Balaban J connectivity index is 3.08. The van der Waals surface area contributed by atoms with Crippen LogP contribution in [0, 0.1) is 6.92 Å². The van der Waals surface area contributed by atoms with Crippen molar-refractivity contribution in [1.29, 1.82) is 0 Å². The van der Waals surface area contributed by atoms with E-state index in [0.29, 0.717) is 11.0 Å². The van der Waals surface area contributed by atoms with Crippen LogP contribution in [0.1, 0.15) is 37.8 Å². The Kier molecular flexibility index (Phi) is 4.94. The van der Waals surface area contributed by atoms with Gasteiger partial charge in [0.15, 0.2) is 0 Å². The van der Waals surface area contributed by atoms with Gasteiger partial charge in [0.1, 0.15) is 4.99 Å². The molecule has 0 aliphatic rings. The van der Waals surface area contributed by atoms with Crippen molar-refractivity contribution in [3.63, 3.8) is 0 Å². The van der Waals surface area contributed by atoms with Crippen LogP contribution >= 0.6 is 12.2 Å². The molecule has 1 atom stereocenters. The zero-order valence-corrected chi connectivity index (χ0v) is 12.0. The van der Waals surface area contributed by atoms with Crippen LogP contribution in [-0.4, -0.2) is 18.1 Å². The Hall–Kier alpha value is -1.09. The summed E-state index contributed by atoms with van der Waals surface area (Å²) in [5, 5.41) is 0. The van der Waals surface area contributed by atoms with Gasteiger partial charge in [-0.1, -0.05) is 37.2 Å². The van der Waals surface area contributed by atoms with Crippen molar-refractivity contribution < 1.29 is 0 Å². The number of hydrogen-bond acceptors (Lipinski definition) is 2. The molecule has 1 aromatic rings. The fraction of sp³-hybridized carbons (Fsp3) is 0.500. The Morgan fingerprint density at radius 3 is 2.65 bits per heavy atom. The molecule has 0 spiro atoms. The third kappa shape index (κ3) is 3.43. The van der Waals surface area contributed by atoms with Gasteiger partial charge in [-0.3, -0.25) is 0 Å². The van der Waals surface area contributed by atoms with Crippen molar-refractivity contribution >= 4 is 22.9 Å². The molecule has 0 amide bonds. The number of aryl methyl sites for hydroxylation is 1. The van der Waals surface area contributed by atoms with Crippen molar-refractivity contribution in [3.05, 3.63) is 29.3 Å². The Morgan fingerprint density at radius 2 is 2.12 bits per heavy atom. The maximum atomic E-state index is 5.80. The van der Waals surface area contributed by atoms with Gasteiger partial charge in [0.05, 0.1) is 0 Å². The first-order valence-electron chi connectivity index (χ1n) is 6.10. The van der Waals surface area contributed by atoms with Crippen LogP contribution in [0.5, 0.6) is 0 Å². The molecule has 0 bridgehead atoms. The smallest absolute Gasteiger partial charge is 0.106 e. The van der Waals surface area contributed by atoms with Crippen molar-refractivity contribution in [3.8, 4) is 0 Å². The lowest BCUT2D eigenvalue weighted by atomic mass is 10.1. The summed E-state index contributed by atoms with van der Waals surface area (Å²) in [6, 6.07) is 6.77. The second kappa shape index (κ2) is 6.01. The molecule has 1 rings (SSSR count). The largest absolute Gasteiger partial charge is 0.389 e. The molecule has 17 heavy (non-hydrogen) atoms. The van der Waals surface area contributed by atoms with Crippen molar-refractivity contribution in [2.24, 2.45) is 5.73 Å². The first-order chi connectivity index (χ1) is 7.97. The summed E-state index contributed by atoms with van der Waals surface area (Å²) in [5.74, 6) is 0. The molecule has 0 aliphatic carbocycles. The normalized spacial score (nSPS) is 12.2. The number of nitrogens with zero attached hydrogens (tertiary/aromatic N) is 1. The molecule has 0 aliphatic heterocycles. The molecule has 2 N–H and O–H groups in total. The van der Waals surface area contributed by atoms with Crippen molar-refractivity contribution in [2.45, 2.75) is 39.7 Å². The number of rotatable bonds is 5. The molecule has 0 heterocycles. The van der Waals surface area contributed by atoms with Gasteiger partial charge < -0.3 is 10.6 Å². The number of benzene rings is 1. The van der Waals surface area contributed by atoms with Gasteiger partial charge in [-0.15, -0.1) is 0 Å². The summed E-state index contributed by atoms with van der Waals surface area (Å²) in [6.07, 6.45) is 2.35. The fourth-order valence-electron chi connectivity index (χ4n) is 2.00. The highest BCUT2D eigenvalue weighted by Gasteiger charge is 2.14. The van der Waals surface area contributed by atoms with Gasteiger partial charge in [0, 0.05) is 24.3 Å². The Labute approximate surface area is 110 Å². The Bertz CT molecular complexity index is 401. The number of nitrogens with two attached hydrogens (primary N) is 1. The highest BCUT2D eigenvalue weighted by Crippen LogP contribution is 2.23. The van der Waals surface area contributed by atoms with Gasteiger partial charge in [0.2, 0.25) is 0 Å². The van der Waals surface area contributed by atoms with E-state index in [-0.39, 0.29) is 0 Å². The van der Waals surface area contributed by atoms with Gasteiger partial charge in [-0.25, -0.2) is 0 Å². The fourth-order valence-corrected chi connectivity index (χ4v) is 2.17. The lowest BCUT2D eigenvalue weighted by Gasteiger charge is -2.29. The van der Waals surface area contributed by atoms with Gasteiger partial charge in [-0.2, -0.15) is 0 Å². The molecule has 3 heteroatoms. The summed E-state index contributed by atoms with van der Waals surface area (Å²) in [7, 11) is 2.10. The van der Waals surface area contributed by atoms with Gasteiger partial charge in [0.25, 0.3) is 0 Å². The summed E-state index contributed by atoms with van der Waals surface area (Å²) in [6.45, 7) is 6.49. The maximum Gasteiger partial charge on any atom is 0.106 e. The number of thiocarbonyl (C=S) groups is 1. The standard InChI is InChI=1S/C14H22N2S/c1-5-6-11(3)16(4)13-8-7-10(2)9-12(13)14(15)17/h7-9,11H,5-6H2,1-4H3,(H2,15,17). The minimum Gasteiger partial charge on any atom is -0.389 e. The molecular formula is C14H22N2S. The average molecular weight is 250 g/mol.